The third-order valence-corrected chi connectivity index (χ3v) is 8.32. The number of aliphatic hydroxyl groups excluding tert-OH is 1. The van der Waals surface area contributed by atoms with Crippen LogP contribution in [0.25, 0.3) is 0 Å². The molecule has 0 unspecified atom stereocenters. The average Bonchev–Trinajstić information content (AvgIpc) is 3.34. The van der Waals surface area contributed by atoms with E-state index in [-0.39, 0.29) is 37.1 Å². The first-order chi connectivity index (χ1) is 21.9. The molecule has 0 aromatic heterocycles. The van der Waals surface area contributed by atoms with Crippen LogP contribution < -0.4 is 0 Å². The lowest BCUT2D eigenvalue weighted by Crippen LogP contribution is -2.29. The van der Waals surface area contributed by atoms with Crippen LogP contribution in [0.4, 0.5) is 0 Å². The summed E-state index contributed by atoms with van der Waals surface area (Å²) in [7, 11) is -4.79. The molecular formula is C35H59O10P. The topological polar surface area (TPSA) is 157 Å². The molecule has 0 amide bonds. The lowest BCUT2D eigenvalue weighted by atomic mass is 9.90. The Balaban J connectivity index is 2.35. The van der Waals surface area contributed by atoms with Crippen molar-refractivity contribution in [1.82, 2.24) is 0 Å². The molecule has 0 aromatic rings. The number of unbranched alkanes of at least 4 members (excludes halogenated alkanes) is 8. The second-order valence-electron chi connectivity index (χ2n) is 12.6. The fourth-order valence-electron chi connectivity index (χ4n) is 5.13. The van der Waals surface area contributed by atoms with E-state index in [0.717, 1.165) is 38.5 Å². The number of hydrogen-bond acceptors (Lipinski definition) is 8. The molecule has 0 aromatic carbocycles. The first-order valence-electron chi connectivity index (χ1n) is 17.2. The minimum absolute atomic E-state index is 0.0300. The fourth-order valence-corrected chi connectivity index (χ4v) is 5.49. The molecular weight excluding hydrogens is 611 g/mol. The Morgan fingerprint density at radius 3 is 2.28 bits per heavy atom. The molecule has 0 fully saturated rings. The van der Waals surface area contributed by atoms with Gasteiger partial charge in [-0.1, -0.05) is 109 Å². The molecule has 1 aliphatic rings. The van der Waals surface area contributed by atoms with E-state index in [9.17, 15) is 24.1 Å². The summed E-state index contributed by atoms with van der Waals surface area (Å²) in [5.74, 6) is -0.544. The van der Waals surface area contributed by atoms with Gasteiger partial charge in [-0.25, -0.2) is 4.57 Å². The lowest BCUT2D eigenvalue weighted by Gasteiger charge is -2.18. The normalized spacial score (nSPS) is 18.2. The van der Waals surface area contributed by atoms with Crippen LogP contribution in [0.3, 0.4) is 0 Å². The van der Waals surface area contributed by atoms with Crippen molar-refractivity contribution in [3.8, 4) is 0 Å². The van der Waals surface area contributed by atoms with Gasteiger partial charge in [0.1, 0.15) is 6.61 Å². The number of hydrogen-bond donors (Lipinski definition) is 3. The van der Waals surface area contributed by atoms with Crippen LogP contribution in [0.2, 0.25) is 0 Å². The average molecular weight is 671 g/mol. The lowest BCUT2D eigenvalue weighted by molar-refractivity contribution is -0.161. The van der Waals surface area contributed by atoms with Crippen molar-refractivity contribution < 1.29 is 47.8 Å². The van der Waals surface area contributed by atoms with E-state index in [1.54, 1.807) is 12.2 Å². The molecule has 0 heterocycles. The Morgan fingerprint density at radius 1 is 0.913 bits per heavy atom. The van der Waals surface area contributed by atoms with E-state index in [1.807, 2.05) is 24.3 Å². The summed E-state index contributed by atoms with van der Waals surface area (Å²) in [6.07, 6.45) is 22.5. The van der Waals surface area contributed by atoms with Crippen molar-refractivity contribution in [2.75, 3.05) is 13.2 Å². The summed E-state index contributed by atoms with van der Waals surface area (Å²) in [5, 5.41) is 10.1. The summed E-state index contributed by atoms with van der Waals surface area (Å²) in [6, 6.07) is 0. The zero-order valence-electron chi connectivity index (χ0n) is 28.2. The third kappa shape index (κ3) is 22.4. The van der Waals surface area contributed by atoms with Crippen LogP contribution in [0, 0.1) is 17.8 Å². The van der Waals surface area contributed by atoms with Crippen LogP contribution in [-0.4, -0.2) is 58.0 Å². The maximum Gasteiger partial charge on any atom is 0.469 e. The summed E-state index contributed by atoms with van der Waals surface area (Å²) in [4.78, 5) is 54.9. The van der Waals surface area contributed by atoms with Gasteiger partial charge in [-0.2, -0.15) is 0 Å². The maximum atomic E-state index is 12.3. The van der Waals surface area contributed by atoms with Gasteiger partial charge in [-0.3, -0.25) is 18.9 Å². The molecule has 264 valence electrons. The van der Waals surface area contributed by atoms with Gasteiger partial charge in [0.05, 0.1) is 12.7 Å². The van der Waals surface area contributed by atoms with Gasteiger partial charge in [-0.05, 0) is 50.0 Å². The predicted molar refractivity (Wildman–Crippen MR) is 179 cm³/mol. The van der Waals surface area contributed by atoms with Gasteiger partial charge in [0.2, 0.25) is 0 Å². The van der Waals surface area contributed by atoms with Gasteiger partial charge >= 0.3 is 19.8 Å². The molecule has 0 bridgehead atoms. The van der Waals surface area contributed by atoms with Crippen molar-refractivity contribution in [1.29, 1.82) is 0 Å². The van der Waals surface area contributed by atoms with Crippen molar-refractivity contribution in [3.05, 3.63) is 36.5 Å². The SMILES string of the molecule is CCCCC[C@H](O)/C=C/[C@H]1C(=O)C=C[C@@H]1C/C=C\CCCC(=O)OC[C@H](COP(=O)(O)O)OC(=O)CCCCCCCCC(C)C. The molecule has 0 aliphatic heterocycles. The standard InChI is InChI=1S/C35H59O10P/c1-4-5-12-19-30(36)23-24-32-29(22-25-33(32)37)18-14-10-11-15-20-34(38)43-26-31(27-44-46(40,41)42)45-35(39)21-16-9-7-6-8-13-17-28(2)3/h10,14,22-25,28-32,36H,4-9,11-13,15-21,26-27H2,1-3H3,(H2,40,41,42)/b14-10-,24-23+/t29-,30-,31+,32+/m0/s1. The highest BCUT2D eigenvalue weighted by Crippen LogP contribution is 2.36. The van der Waals surface area contributed by atoms with E-state index >= 15 is 0 Å². The molecule has 46 heavy (non-hydrogen) atoms. The number of carbonyl (C=O) groups excluding carboxylic acids is 3. The first kappa shape index (κ1) is 41.9. The Morgan fingerprint density at radius 2 is 1.59 bits per heavy atom. The summed E-state index contributed by atoms with van der Waals surface area (Å²) < 4.78 is 26.2. The van der Waals surface area contributed by atoms with Gasteiger partial charge in [0.15, 0.2) is 11.9 Å². The molecule has 11 heteroatoms. The number of phosphoric acid groups is 1. The van der Waals surface area contributed by atoms with Crippen LogP contribution in [0.15, 0.2) is 36.5 Å². The Hall–Kier alpha value is -2.10. The van der Waals surface area contributed by atoms with E-state index in [4.69, 9.17) is 19.3 Å². The number of esters is 2. The number of rotatable bonds is 27. The van der Waals surface area contributed by atoms with Gasteiger partial charge in [-0.15, -0.1) is 0 Å². The number of allylic oxidation sites excluding steroid dienone is 5. The van der Waals surface area contributed by atoms with Gasteiger partial charge < -0.3 is 24.4 Å². The molecule has 0 spiro atoms. The number of ether oxygens (including phenoxy) is 2. The van der Waals surface area contributed by atoms with Crippen LogP contribution in [-0.2, 0) is 32.9 Å². The number of phosphoric ester groups is 1. The smallest absolute Gasteiger partial charge is 0.462 e. The van der Waals surface area contributed by atoms with Crippen LogP contribution in [0.1, 0.15) is 124 Å². The minimum Gasteiger partial charge on any atom is -0.462 e. The summed E-state index contributed by atoms with van der Waals surface area (Å²) in [6.45, 7) is 5.59. The van der Waals surface area contributed by atoms with E-state index in [2.05, 4.69) is 25.3 Å². The zero-order valence-corrected chi connectivity index (χ0v) is 29.1. The number of aliphatic hydroxyl groups is 1. The quantitative estimate of drug-likeness (QED) is 0.0350. The second kappa shape index (κ2) is 25.0. The van der Waals surface area contributed by atoms with E-state index in [1.165, 1.54) is 19.3 Å². The molecule has 4 atom stereocenters. The maximum absolute atomic E-state index is 12.3. The highest BCUT2D eigenvalue weighted by atomic mass is 31.2. The first-order valence-corrected chi connectivity index (χ1v) is 18.7. The molecule has 3 N–H and O–H groups in total. The highest BCUT2D eigenvalue weighted by molar-refractivity contribution is 7.46. The van der Waals surface area contributed by atoms with Crippen molar-refractivity contribution in [2.24, 2.45) is 17.8 Å². The van der Waals surface area contributed by atoms with Crippen molar-refractivity contribution in [3.63, 3.8) is 0 Å². The van der Waals surface area contributed by atoms with Crippen molar-refractivity contribution >= 4 is 25.5 Å². The second-order valence-corrected chi connectivity index (χ2v) is 13.9. The van der Waals surface area contributed by atoms with E-state index in [0.29, 0.717) is 38.0 Å². The highest BCUT2D eigenvalue weighted by Gasteiger charge is 2.27. The predicted octanol–water partition coefficient (Wildman–Crippen LogP) is 7.31. The molecule has 0 saturated carbocycles. The summed E-state index contributed by atoms with van der Waals surface area (Å²) >= 11 is 0. The Kier molecular flexibility index (Phi) is 22.8. The Labute approximate surface area is 276 Å². The molecule has 0 saturated heterocycles. The molecule has 1 rings (SSSR count). The molecule has 0 radical (unpaired) electrons. The number of carbonyl (C=O) groups is 3. The van der Waals surface area contributed by atoms with E-state index < -0.39 is 38.6 Å². The zero-order chi connectivity index (χ0) is 34.2. The number of ketones is 1. The van der Waals surface area contributed by atoms with Crippen molar-refractivity contribution in [2.45, 2.75) is 136 Å². The monoisotopic (exact) mass is 670 g/mol. The van der Waals surface area contributed by atoms with Gasteiger partial charge in [0.25, 0.3) is 0 Å². The molecule has 1 aliphatic carbocycles. The molecule has 10 nitrogen and oxygen atoms in total. The minimum atomic E-state index is -4.79. The van der Waals surface area contributed by atoms with Gasteiger partial charge in [0, 0.05) is 18.8 Å². The largest absolute Gasteiger partial charge is 0.469 e. The third-order valence-electron chi connectivity index (χ3n) is 7.84. The Bertz CT molecular complexity index is 999. The van der Waals surface area contributed by atoms with Crippen LogP contribution >= 0.6 is 7.82 Å². The fraction of sp³-hybridized carbons (Fsp3) is 0.743. The van der Waals surface area contributed by atoms with Crippen LogP contribution in [0.5, 0.6) is 0 Å². The summed E-state index contributed by atoms with van der Waals surface area (Å²) in [5.41, 5.74) is 0.